The molecule has 0 atom stereocenters. The van der Waals surface area contributed by atoms with Crippen LogP contribution < -0.4 is 10.6 Å². The molecule has 1 heterocycles. The van der Waals surface area contributed by atoms with Crippen molar-refractivity contribution in [1.29, 1.82) is 0 Å². The van der Waals surface area contributed by atoms with Crippen LogP contribution in [0.2, 0.25) is 5.02 Å². The van der Waals surface area contributed by atoms with Crippen molar-refractivity contribution in [1.82, 2.24) is 20.1 Å². The number of aromatic nitrogens is 3. The maximum atomic E-state index is 11.9. The predicted octanol–water partition coefficient (Wildman–Crippen LogP) is 1.55. The van der Waals surface area contributed by atoms with Gasteiger partial charge in [-0.25, -0.2) is 0 Å². The van der Waals surface area contributed by atoms with Crippen molar-refractivity contribution in [2.45, 2.75) is 13.3 Å². The number of halogens is 1. The molecule has 0 aliphatic rings. The van der Waals surface area contributed by atoms with E-state index in [1.165, 1.54) is 0 Å². The minimum absolute atomic E-state index is 0.0988. The molecule has 0 fully saturated rings. The van der Waals surface area contributed by atoms with Gasteiger partial charge in [0.05, 0.1) is 6.54 Å². The Kier molecular flexibility index (Phi) is 5.30. The molecule has 0 spiro atoms. The number of hydrogen-bond acceptors (Lipinski definition) is 4. The number of aryl methyl sites for hydroxylation is 2. The van der Waals surface area contributed by atoms with E-state index in [9.17, 15) is 4.79 Å². The van der Waals surface area contributed by atoms with Gasteiger partial charge in [0.2, 0.25) is 5.91 Å². The third kappa shape index (κ3) is 4.54. The summed E-state index contributed by atoms with van der Waals surface area (Å²) in [6.07, 6.45) is 2.38. The zero-order valence-corrected chi connectivity index (χ0v) is 12.8. The monoisotopic (exact) mass is 307 g/mol. The van der Waals surface area contributed by atoms with E-state index in [2.05, 4.69) is 20.8 Å². The van der Waals surface area contributed by atoms with Crippen molar-refractivity contribution in [3.63, 3.8) is 0 Å². The van der Waals surface area contributed by atoms with Gasteiger partial charge >= 0.3 is 0 Å². The van der Waals surface area contributed by atoms with Crippen molar-refractivity contribution in [3.8, 4) is 0 Å². The summed E-state index contributed by atoms with van der Waals surface area (Å²) >= 11 is 5.92. The Morgan fingerprint density at radius 2 is 2.24 bits per heavy atom. The van der Waals surface area contributed by atoms with E-state index in [-0.39, 0.29) is 12.5 Å². The number of carbonyl (C=O) groups is 1. The van der Waals surface area contributed by atoms with Gasteiger partial charge in [0, 0.05) is 30.7 Å². The lowest BCUT2D eigenvalue weighted by Gasteiger charge is -2.09. The Hall–Kier alpha value is -1.92. The van der Waals surface area contributed by atoms with Crippen LogP contribution in [0, 0.1) is 6.92 Å². The normalized spacial score (nSPS) is 10.6. The zero-order chi connectivity index (χ0) is 15.2. The third-order valence-corrected chi connectivity index (χ3v) is 3.32. The lowest BCUT2D eigenvalue weighted by molar-refractivity contribution is -0.115. The first-order valence-corrected chi connectivity index (χ1v) is 7.03. The predicted molar refractivity (Wildman–Crippen MR) is 82.4 cm³/mol. The highest BCUT2D eigenvalue weighted by Crippen LogP contribution is 2.19. The lowest BCUT2D eigenvalue weighted by Crippen LogP contribution is -2.30. The summed E-state index contributed by atoms with van der Waals surface area (Å²) in [6.45, 7) is 2.83. The van der Waals surface area contributed by atoms with Crippen LogP contribution in [-0.4, -0.2) is 33.8 Å². The molecule has 0 bridgehead atoms. The van der Waals surface area contributed by atoms with Crippen molar-refractivity contribution >= 4 is 23.2 Å². The van der Waals surface area contributed by atoms with Crippen LogP contribution in [0.5, 0.6) is 0 Å². The lowest BCUT2D eigenvalue weighted by atomic mass is 10.2. The van der Waals surface area contributed by atoms with E-state index in [0.29, 0.717) is 11.6 Å². The Balaban J connectivity index is 1.75. The van der Waals surface area contributed by atoms with Gasteiger partial charge < -0.3 is 15.2 Å². The molecule has 0 saturated carbocycles. The standard InChI is InChI=1S/C14H18ClN5O/c1-10-3-4-11(15)7-12(10)18-14(21)8-16-6-5-13-19-17-9-20(13)2/h3-4,7,9,16H,5-6,8H2,1-2H3,(H,18,21). The maximum absolute atomic E-state index is 11.9. The van der Waals surface area contributed by atoms with Gasteiger partial charge in [0.1, 0.15) is 12.2 Å². The van der Waals surface area contributed by atoms with Crippen LogP contribution >= 0.6 is 11.6 Å². The quantitative estimate of drug-likeness (QED) is 0.794. The number of hydrogen-bond donors (Lipinski definition) is 2. The molecule has 0 radical (unpaired) electrons. The molecule has 1 amide bonds. The molecule has 0 aliphatic heterocycles. The SMILES string of the molecule is Cc1ccc(Cl)cc1NC(=O)CNCCc1nncn1C. The van der Waals surface area contributed by atoms with E-state index in [4.69, 9.17) is 11.6 Å². The van der Waals surface area contributed by atoms with Crippen LogP contribution in [0.15, 0.2) is 24.5 Å². The Bertz CT molecular complexity index is 626. The number of nitrogens with one attached hydrogen (secondary N) is 2. The molecule has 0 saturated heterocycles. The highest BCUT2D eigenvalue weighted by molar-refractivity contribution is 6.31. The molecule has 2 aromatic rings. The first-order chi connectivity index (χ1) is 10.1. The smallest absolute Gasteiger partial charge is 0.238 e. The average molecular weight is 308 g/mol. The summed E-state index contributed by atoms with van der Waals surface area (Å²) < 4.78 is 1.86. The molecule has 6 nitrogen and oxygen atoms in total. The summed E-state index contributed by atoms with van der Waals surface area (Å²) in [7, 11) is 1.89. The van der Waals surface area contributed by atoms with Crippen LogP contribution in [-0.2, 0) is 18.3 Å². The first kappa shape index (κ1) is 15.5. The Labute approximate surface area is 128 Å². The fourth-order valence-corrected chi connectivity index (χ4v) is 2.03. The van der Waals surface area contributed by atoms with Gasteiger partial charge in [-0.2, -0.15) is 0 Å². The molecule has 21 heavy (non-hydrogen) atoms. The average Bonchev–Trinajstić information content (AvgIpc) is 2.84. The number of carbonyl (C=O) groups excluding carboxylic acids is 1. The van der Waals surface area contributed by atoms with Crippen LogP contribution in [0.25, 0.3) is 0 Å². The van der Waals surface area contributed by atoms with E-state index >= 15 is 0 Å². The number of amides is 1. The van der Waals surface area contributed by atoms with E-state index in [1.54, 1.807) is 18.5 Å². The molecule has 1 aromatic carbocycles. The second-order valence-electron chi connectivity index (χ2n) is 4.79. The zero-order valence-electron chi connectivity index (χ0n) is 12.1. The molecule has 2 rings (SSSR count). The van der Waals surface area contributed by atoms with Gasteiger partial charge in [0.15, 0.2) is 0 Å². The van der Waals surface area contributed by atoms with Gasteiger partial charge in [-0.3, -0.25) is 4.79 Å². The fourth-order valence-electron chi connectivity index (χ4n) is 1.86. The highest BCUT2D eigenvalue weighted by Gasteiger charge is 2.06. The number of nitrogens with zero attached hydrogens (tertiary/aromatic N) is 3. The Morgan fingerprint density at radius 3 is 2.95 bits per heavy atom. The summed E-state index contributed by atoms with van der Waals surface area (Å²) in [5.74, 6) is 0.784. The number of benzene rings is 1. The second kappa shape index (κ2) is 7.19. The molecule has 1 aromatic heterocycles. The molecule has 112 valence electrons. The van der Waals surface area contributed by atoms with E-state index in [1.807, 2.05) is 24.6 Å². The van der Waals surface area contributed by atoms with Gasteiger partial charge in [-0.1, -0.05) is 17.7 Å². The third-order valence-electron chi connectivity index (χ3n) is 3.09. The van der Waals surface area contributed by atoms with Gasteiger partial charge in [-0.05, 0) is 24.6 Å². The highest BCUT2D eigenvalue weighted by atomic mass is 35.5. The van der Waals surface area contributed by atoms with Crippen LogP contribution in [0.3, 0.4) is 0 Å². The van der Waals surface area contributed by atoms with Gasteiger partial charge in [-0.15, -0.1) is 10.2 Å². The fraction of sp³-hybridized carbons (Fsp3) is 0.357. The maximum Gasteiger partial charge on any atom is 0.238 e. The van der Waals surface area contributed by atoms with E-state index in [0.717, 1.165) is 23.5 Å². The second-order valence-corrected chi connectivity index (χ2v) is 5.23. The van der Waals surface area contributed by atoms with Crippen molar-refractivity contribution < 1.29 is 4.79 Å². The van der Waals surface area contributed by atoms with Crippen molar-refractivity contribution in [2.75, 3.05) is 18.4 Å². The summed E-state index contributed by atoms with van der Waals surface area (Å²) in [4.78, 5) is 11.9. The van der Waals surface area contributed by atoms with E-state index < -0.39 is 0 Å². The van der Waals surface area contributed by atoms with Crippen molar-refractivity contribution in [3.05, 3.63) is 40.9 Å². The minimum atomic E-state index is -0.0988. The topological polar surface area (TPSA) is 71.8 Å². The summed E-state index contributed by atoms with van der Waals surface area (Å²) in [6, 6.07) is 5.42. The minimum Gasteiger partial charge on any atom is -0.325 e. The number of rotatable bonds is 6. The van der Waals surface area contributed by atoms with Gasteiger partial charge in [0.25, 0.3) is 0 Å². The molecular formula is C14H18ClN5O. The van der Waals surface area contributed by atoms with Crippen LogP contribution in [0.1, 0.15) is 11.4 Å². The molecule has 2 N–H and O–H groups in total. The Morgan fingerprint density at radius 1 is 1.43 bits per heavy atom. The number of anilines is 1. The molecule has 7 heteroatoms. The van der Waals surface area contributed by atoms with Crippen molar-refractivity contribution in [2.24, 2.45) is 7.05 Å². The summed E-state index contributed by atoms with van der Waals surface area (Å²) in [5.41, 5.74) is 1.72. The summed E-state index contributed by atoms with van der Waals surface area (Å²) in [5, 5.41) is 14.3. The van der Waals surface area contributed by atoms with Crippen LogP contribution in [0.4, 0.5) is 5.69 Å². The molecule has 0 aliphatic carbocycles. The largest absolute Gasteiger partial charge is 0.325 e. The molecular weight excluding hydrogens is 290 g/mol. The first-order valence-electron chi connectivity index (χ1n) is 6.66. The molecule has 0 unspecified atom stereocenters.